The molecule has 0 saturated carbocycles. The number of benzene rings is 1. The van der Waals surface area contributed by atoms with Crippen LogP contribution < -0.4 is 5.73 Å². The fourth-order valence-electron chi connectivity index (χ4n) is 1.54. The Morgan fingerprint density at radius 1 is 1.36 bits per heavy atom. The van der Waals surface area contributed by atoms with Gasteiger partial charge in [0.2, 0.25) is 0 Å². The molecule has 14 heavy (non-hydrogen) atoms. The zero-order chi connectivity index (χ0) is 10.4. The van der Waals surface area contributed by atoms with Gasteiger partial charge in [0.1, 0.15) is 0 Å². The number of hydrogen-bond acceptors (Lipinski definition) is 1. The van der Waals surface area contributed by atoms with Crippen LogP contribution >= 0.6 is 0 Å². The van der Waals surface area contributed by atoms with Crippen LogP contribution in [0.25, 0.3) is 0 Å². The van der Waals surface area contributed by atoms with Gasteiger partial charge in [0.15, 0.2) is 0 Å². The molecule has 76 valence electrons. The highest BCUT2D eigenvalue weighted by atomic mass is 14.6. The van der Waals surface area contributed by atoms with Crippen molar-refractivity contribution >= 4 is 0 Å². The van der Waals surface area contributed by atoms with E-state index < -0.39 is 0 Å². The molecule has 0 bridgehead atoms. The minimum atomic E-state index is 0.100. The van der Waals surface area contributed by atoms with Crippen LogP contribution in [-0.2, 0) is 6.42 Å². The highest BCUT2D eigenvalue weighted by molar-refractivity contribution is 5.25. The summed E-state index contributed by atoms with van der Waals surface area (Å²) in [6.45, 7) is 5.88. The van der Waals surface area contributed by atoms with Crippen molar-refractivity contribution in [1.82, 2.24) is 0 Å². The standard InChI is InChI=1S/C13H19N/c1-3-5-11-7-9-12(10-8-11)13(14)6-4-2/h4,7-10,13H,2-3,5-6,14H2,1H3. The van der Waals surface area contributed by atoms with Crippen LogP contribution in [0, 0.1) is 0 Å². The lowest BCUT2D eigenvalue weighted by molar-refractivity contribution is 0.741. The molecule has 2 N–H and O–H groups in total. The molecule has 0 saturated heterocycles. The van der Waals surface area contributed by atoms with Crippen LogP contribution in [0.15, 0.2) is 36.9 Å². The molecule has 1 aromatic carbocycles. The molecule has 0 aliphatic heterocycles. The van der Waals surface area contributed by atoms with Crippen molar-refractivity contribution in [2.75, 3.05) is 0 Å². The second kappa shape index (κ2) is 5.61. The molecule has 0 aromatic heterocycles. The predicted molar refractivity (Wildman–Crippen MR) is 62.2 cm³/mol. The number of rotatable bonds is 5. The number of hydrogen-bond donors (Lipinski definition) is 1. The first-order valence-corrected chi connectivity index (χ1v) is 5.23. The molecule has 1 atom stereocenters. The van der Waals surface area contributed by atoms with E-state index in [1.807, 2.05) is 6.08 Å². The van der Waals surface area contributed by atoms with Crippen LogP contribution in [0.2, 0.25) is 0 Å². The molecule has 0 radical (unpaired) electrons. The third-order valence-corrected chi connectivity index (χ3v) is 2.37. The maximum Gasteiger partial charge on any atom is 0.0329 e. The Hall–Kier alpha value is -1.08. The molecule has 0 heterocycles. The maximum absolute atomic E-state index is 5.96. The lowest BCUT2D eigenvalue weighted by atomic mass is 10.0. The Morgan fingerprint density at radius 2 is 2.00 bits per heavy atom. The molecule has 1 heteroatoms. The highest BCUT2D eigenvalue weighted by Gasteiger charge is 2.02. The van der Waals surface area contributed by atoms with Crippen molar-refractivity contribution in [2.24, 2.45) is 5.73 Å². The first-order chi connectivity index (χ1) is 6.77. The summed E-state index contributed by atoms with van der Waals surface area (Å²) in [6, 6.07) is 8.69. The van der Waals surface area contributed by atoms with Crippen LogP contribution in [0.4, 0.5) is 0 Å². The van der Waals surface area contributed by atoms with Gasteiger partial charge < -0.3 is 5.73 Å². The van der Waals surface area contributed by atoms with Gasteiger partial charge >= 0.3 is 0 Å². The Balaban J connectivity index is 2.67. The van der Waals surface area contributed by atoms with Crippen molar-refractivity contribution in [3.63, 3.8) is 0 Å². The minimum absolute atomic E-state index is 0.100. The molecule has 0 aliphatic carbocycles. The monoisotopic (exact) mass is 189 g/mol. The van der Waals surface area contributed by atoms with Gasteiger partial charge in [0.05, 0.1) is 0 Å². The summed E-state index contributed by atoms with van der Waals surface area (Å²) in [4.78, 5) is 0. The Morgan fingerprint density at radius 3 is 2.50 bits per heavy atom. The Kier molecular flexibility index (Phi) is 4.41. The summed E-state index contributed by atoms with van der Waals surface area (Å²) in [5.41, 5.74) is 8.55. The summed E-state index contributed by atoms with van der Waals surface area (Å²) in [7, 11) is 0. The van der Waals surface area contributed by atoms with Gasteiger partial charge in [-0.05, 0) is 24.0 Å². The summed E-state index contributed by atoms with van der Waals surface area (Å²) >= 11 is 0. The SMILES string of the molecule is C=CCC(N)c1ccc(CCC)cc1. The smallest absolute Gasteiger partial charge is 0.0329 e. The highest BCUT2D eigenvalue weighted by Crippen LogP contribution is 2.15. The summed E-state index contributed by atoms with van der Waals surface area (Å²) < 4.78 is 0. The van der Waals surface area contributed by atoms with Crippen molar-refractivity contribution in [2.45, 2.75) is 32.2 Å². The quantitative estimate of drug-likeness (QED) is 0.707. The molecule has 1 aromatic rings. The lowest BCUT2D eigenvalue weighted by Gasteiger charge is -2.09. The molecule has 1 rings (SSSR count). The summed E-state index contributed by atoms with van der Waals surface area (Å²) in [5.74, 6) is 0. The van der Waals surface area contributed by atoms with Crippen molar-refractivity contribution in [3.8, 4) is 0 Å². The second-order valence-corrected chi connectivity index (χ2v) is 3.62. The first kappa shape index (κ1) is 11.0. The first-order valence-electron chi connectivity index (χ1n) is 5.23. The molecular formula is C13H19N. The van der Waals surface area contributed by atoms with Crippen LogP contribution in [0.3, 0.4) is 0 Å². The topological polar surface area (TPSA) is 26.0 Å². The van der Waals surface area contributed by atoms with Crippen LogP contribution in [0.5, 0.6) is 0 Å². The molecule has 0 spiro atoms. The van der Waals surface area contributed by atoms with E-state index in [1.54, 1.807) is 0 Å². The minimum Gasteiger partial charge on any atom is -0.324 e. The number of aryl methyl sites for hydroxylation is 1. The van der Waals surface area contributed by atoms with Crippen molar-refractivity contribution < 1.29 is 0 Å². The summed E-state index contributed by atoms with van der Waals surface area (Å²) in [5, 5.41) is 0. The zero-order valence-corrected chi connectivity index (χ0v) is 8.87. The van der Waals surface area contributed by atoms with E-state index in [4.69, 9.17) is 5.73 Å². The average molecular weight is 189 g/mol. The third-order valence-electron chi connectivity index (χ3n) is 2.37. The fourth-order valence-corrected chi connectivity index (χ4v) is 1.54. The van der Waals surface area contributed by atoms with Gasteiger partial charge in [-0.3, -0.25) is 0 Å². The van der Waals surface area contributed by atoms with Gasteiger partial charge in [-0.2, -0.15) is 0 Å². The van der Waals surface area contributed by atoms with E-state index in [0.717, 1.165) is 12.8 Å². The van der Waals surface area contributed by atoms with E-state index >= 15 is 0 Å². The molecule has 1 nitrogen and oxygen atoms in total. The normalized spacial score (nSPS) is 12.4. The van der Waals surface area contributed by atoms with E-state index in [2.05, 4.69) is 37.8 Å². The Bertz CT molecular complexity index is 274. The van der Waals surface area contributed by atoms with E-state index in [1.165, 1.54) is 17.5 Å². The predicted octanol–water partition coefficient (Wildman–Crippen LogP) is 3.22. The third kappa shape index (κ3) is 3.00. The molecule has 0 fully saturated rings. The molecule has 0 aliphatic rings. The van der Waals surface area contributed by atoms with E-state index in [0.29, 0.717) is 0 Å². The Labute approximate surface area is 86.6 Å². The van der Waals surface area contributed by atoms with E-state index in [9.17, 15) is 0 Å². The van der Waals surface area contributed by atoms with Gasteiger partial charge in [0, 0.05) is 6.04 Å². The van der Waals surface area contributed by atoms with Gasteiger partial charge in [-0.15, -0.1) is 6.58 Å². The lowest BCUT2D eigenvalue weighted by Crippen LogP contribution is -2.08. The van der Waals surface area contributed by atoms with Gasteiger partial charge in [-0.25, -0.2) is 0 Å². The van der Waals surface area contributed by atoms with Crippen LogP contribution in [-0.4, -0.2) is 0 Å². The van der Waals surface area contributed by atoms with Crippen molar-refractivity contribution in [1.29, 1.82) is 0 Å². The van der Waals surface area contributed by atoms with E-state index in [-0.39, 0.29) is 6.04 Å². The van der Waals surface area contributed by atoms with Gasteiger partial charge in [0.25, 0.3) is 0 Å². The molecule has 1 unspecified atom stereocenters. The van der Waals surface area contributed by atoms with Gasteiger partial charge in [-0.1, -0.05) is 43.7 Å². The van der Waals surface area contributed by atoms with Crippen LogP contribution in [0.1, 0.15) is 36.9 Å². The molecular weight excluding hydrogens is 170 g/mol. The largest absolute Gasteiger partial charge is 0.324 e. The average Bonchev–Trinajstić information content (AvgIpc) is 2.20. The molecule has 0 amide bonds. The fraction of sp³-hybridized carbons (Fsp3) is 0.385. The van der Waals surface area contributed by atoms with Crippen molar-refractivity contribution in [3.05, 3.63) is 48.0 Å². The summed E-state index contributed by atoms with van der Waals surface area (Å²) in [6.07, 6.45) is 5.05. The zero-order valence-electron chi connectivity index (χ0n) is 8.87. The number of nitrogens with two attached hydrogens (primary N) is 1. The maximum atomic E-state index is 5.96. The second-order valence-electron chi connectivity index (χ2n) is 3.62.